The molecule has 3 atom stereocenters. The smallest absolute Gasteiger partial charge is 0.0379 e. The van der Waals surface area contributed by atoms with E-state index in [1.807, 2.05) is 6.20 Å². The van der Waals surface area contributed by atoms with Crippen LogP contribution in [0.1, 0.15) is 5.56 Å². The minimum atomic E-state index is 0.223. The third-order valence-electron chi connectivity index (χ3n) is 5.34. The molecule has 4 heteroatoms. The molecule has 1 aromatic heterocycles. The van der Waals surface area contributed by atoms with E-state index in [4.69, 9.17) is 0 Å². The van der Waals surface area contributed by atoms with Crippen LogP contribution in [0.5, 0.6) is 0 Å². The summed E-state index contributed by atoms with van der Waals surface area (Å²) in [6.07, 6.45) is 3.96. The fraction of sp³-hybridized carbons (Fsp3) is 0.667. The quantitative estimate of drug-likeness (QED) is 0.819. The van der Waals surface area contributed by atoms with Crippen molar-refractivity contribution in [2.75, 3.05) is 46.3 Å². The molecule has 4 fully saturated rings. The molecule has 3 unspecified atom stereocenters. The first-order valence-corrected chi connectivity index (χ1v) is 7.34. The first-order valence-electron chi connectivity index (χ1n) is 7.34. The maximum atomic E-state index is 4.38. The highest BCUT2D eigenvalue weighted by molar-refractivity contribution is 5.31. The molecule has 1 aromatic rings. The molecule has 4 aliphatic rings. The van der Waals surface area contributed by atoms with Gasteiger partial charge >= 0.3 is 0 Å². The van der Waals surface area contributed by atoms with Gasteiger partial charge in [0.15, 0.2) is 0 Å². The van der Waals surface area contributed by atoms with Crippen LogP contribution >= 0.6 is 0 Å². The summed E-state index contributed by atoms with van der Waals surface area (Å²) < 4.78 is 0. The van der Waals surface area contributed by atoms with E-state index in [-0.39, 0.29) is 5.41 Å². The molecule has 0 saturated carbocycles. The molecular weight excluding hydrogens is 236 g/mol. The maximum absolute atomic E-state index is 4.38. The van der Waals surface area contributed by atoms with Crippen LogP contribution in [0.3, 0.4) is 0 Å². The number of nitrogens with one attached hydrogen (secondary N) is 1. The fourth-order valence-corrected chi connectivity index (χ4v) is 4.71. The van der Waals surface area contributed by atoms with Gasteiger partial charge in [-0.25, -0.2) is 0 Å². The normalized spacial score (nSPS) is 44.3. The van der Waals surface area contributed by atoms with Crippen molar-refractivity contribution in [3.8, 4) is 0 Å². The number of rotatable bonds is 2. The Morgan fingerprint density at radius 2 is 2.00 bits per heavy atom. The summed E-state index contributed by atoms with van der Waals surface area (Å²) in [6, 6.07) is 4.94. The number of hydrogen-bond acceptors (Lipinski definition) is 4. The molecule has 4 aliphatic heterocycles. The lowest BCUT2D eigenvalue weighted by molar-refractivity contribution is 0.0215. The second kappa shape index (κ2) is 4.27. The lowest BCUT2D eigenvalue weighted by Gasteiger charge is -2.55. The second-order valence-electron chi connectivity index (χ2n) is 6.39. The van der Waals surface area contributed by atoms with Gasteiger partial charge in [0.05, 0.1) is 0 Å². The van der Waals surface area contributed by atoms with E-state index >= 15 is 0 Å². The van der Waals surface area contributed by atoms with E-state index in [1.165, 1.54) is 44.8 Å². The number of hydrogen-bond donors (Lipinski definition) is 1. The Bertz CT molecular complexity index is 444. The summed E-state index contributed by atoms with van der Waals surface area (Å²) in [6.45, 7) is 7.33. The van der Waals surface area contributed by atoms with Gasteiger partial charge in [-0.2, -0.15) is 0 Å². The molecule has 0 aliphatic carbocycles. The van der Waals surface area contributed by atoms with Crippen LogP contribution in [0.4, 0.5) is 0 Å². The van der Waals surface area contributed by atoms with Crippen molar-refractivity contribution >= 4 is 0 Å². The SMILES string of the molecule is CNC1C2CN3CCN(C2)CC1(c1cccnc1)C3. The molecule has 5 rings (SSSR count). The van der Waals surface area contributed by atoms with Crippen molar-refractivity contribution in [2.24, 2.45) is 5.92 Å². The monoisotopic (exact) mass is 258 g/mol. The molecule has 0 radical (unpaired) electrons. The summed E-state index contributed by atoms with van der Waals surface area (Å²) in [5.74, 6) is 0.746. The van der Waals surface area contributed by atoms with E-state index in [1.54, 1.807) is 0 Å². The van der Waals surface area contributed by atoms with Gasteiger partial charge in [0, 0.05) is 69.0 Å². The molecule has 4 saturated heterocycles. The molecule has 0 spiro atoms. The predicted octanol–water partition coefficient (Wildman–Crippen LogP) is 0.168. The Morgan fingerprint density at radius 1 is 1.26 bits per heavy atom. The lowest BCUT2D eigenvalue weighted by Crippen LogP contribution is -2.69. The number of pyridine rings is 1. The van der Waals surface area contributed by atoms with Crippen molar-refractivity contribution in [2.45, 2.75) is 11.5 Å². The van der Waals surface area contributed by atoms with Gasteiger partial charge < -0.3 is 15.1 Å². The summed E-state index contributed by atoms with van der Waals surface area (Å²) in [5.41, 5.74) is 1.64. The van der Waals surface area contributed by atoms with Crippen LogP contribution in [0.15, 0.2) is 24.5 Å². The Morgan fingerprint density at radius 3 is 2.58 bits per heavy atom. The van der Waals surface area contributed by atoms with Crippen molar-refractivity contribution in [3.05, 3.63) is 30.1 Å². The van der Waals surface area contributed by atoms with E-state index in [9.17, 15) is 0 Å². The van der Waals surface area contributed by atoms with Gasteiger partial charge in [0.25, 0.3) is 0 Å². The Balaban J connectivity index is 1.83. The van der Waals surface area contributed by atoms with Crippen molar-refractivity contribution in [1.82, 2.24) is 20.1 Å². The van der Waals surface area contributed by atoms with Gasteiger partial charge in [-0.05, 0) is 18.7 Å². The van der Waals surface area contributed by atoms with Crippen LogP contribution in [0, 0.1) is 5.92 Å². The molecular formula is C15H22N4. The largest absolute Gasteiger partial charge is 0.316 e. The predicted molar refractivity (Wildman–Crippen MR) is 75.1 cm³/mol. The molecule has 5 heterocycles. The number of nitrogens with zero attached hydrogens (tertiary/aromatic N) is 3. The first kappa shape index (κ1) is 11.8. The highest BCUT2D eigenvalue weighted by Crippen LogP contribution is 2.42. The average molecular weight is 258 g/mol. The fourth-order valence-electron chi connectivity index (χ4n) is 4.71. The number of piperidine rings is 2. The zero-order chi connectivity index (χ0) is 12.9. The highest BCUT2D eigenvalue weighted by atomic mass is 15.3. The van der Waals surface area contributed by atoms with Gasteiger partial charge in [-0.1, -0.05) is 6.07 Å². The van der Waals surface area contributed by atoms with Crippen LogP contribution < -0.4 is 5.32 Å². The van der Waals surface area contributed by atoms with Crippen LogP contribution in [0.25, 0.3) is 0 Å². The minimum absolute atomic E-state index is 0.223. The van der Waals surface area contributed by atoms with E-state index < -0.39 is 0 Å². The average Bonchev–Trinajstić information content (AvgIpc) is 2.68. The molecule has 1 N–H and O–H groups in total. The third-order valence-corrected chi connectivity index (χ3v) is 5.34. The summed E-state index contributed by atoms with van der Waals surface area (Å²) in [7, 11) is 2.13. The first-order chi connectivity index (χ1) is 9.32. The van der Waals surface area contributed by atoms with Gasteiger partial charge in [-0.15, -0.1) is 0 Å². The van der Waals surface area contributed by atoms with Gasteiger partial charge in [-0.3, -0.25) is 4.98 Å². The van der Waals surface area contributed by atoms with E-state index in [0.29, 0.717) is 6.04 Å². The molecule has 19 heavy (non-hydrogen) atoms. The van der Waals surface area contributed by atoms with Crippen molar-refractivity contribution in [3.63, 3.8) is 0 Å². The summed E-state index contributed by atoms with van der Waals surface area (Å²) >= 11 is 0. The Hall–Kier alpha value is -0.970. The van der Waals surface area contributed by atoms with E-state index in [2.05, 4.69) is 45.5 Å². The topological polar surface area (TPSA) is 31.4 Å². The number of likely N-dealkylation sites (N-methyl/N-ethyl adjacent to an activating group) is 1. The summed E-state index contributed by atoms with van der Waals surface area (Å²) in [4.78, 5) is 9.71. The van der Waals surface area contributed by atoms with Crippen molar-refractivity contribution in [1.29, 1.82) is 0 Å². The standard InChI is InChI=1S/C15H22N4/c1-16-14-12-8-18-5-6-19(9-12)11-15(14,10-18)13-3-2-4-17-7-13/h2-4,7,12,14,16H,5-6,8-11H2,1H3. The Kier molecular flexibility index (Phi) is 2.65. The minimum Gasteiger partial charge on any atom is -0.316 e. The maximum Gasteiger partial charge on any atom is 0.0379 e. The van der Waals surface area contributed by atoms with Gasteiger partial charge in [0.1, 0.15) is 0 Å². The highest BCUT2D eigenvalue weighted by Gasteiger charge is 2.54. The zero-order valence-electron chi connectivity index (χ0n) is 11.5. The van der Waals surface area contributed by atoms with Crippen LogP contribution in [0.2, 0.25) is 0 Å². The lowest BCUT2D eigenvalue weighted by atomic mass is 9.64. The summed E-state index contributed by atoms with van der Waals surface area (Å²) in [5, 5.41) is 3.63. The molecule has 0 amide bonds. The molecule has 0 aromatic carbocycles. The molecule has 102 valence electrons. The van der Waals surface area contributed by atoms with Crippen molar-refractivity contribution < 1.29 is 0 Å². The third kappa shape index (κ3) is 1.67. The number of aromatic nitrogens is 1. The number of fused-ring (bicyclic) bond motifs is 1. The molecule has 4 bridgehead atoms. The van der Waals surface area contributed by atoms with Crippen LogP contribution in [-0.2, 0) is 5.41 Å². The van der Waals surface area contributed by atoms with Gasteiger partial charge in [0.2, 0.25) is 0 Å². The molecule has 4 nitrogen and oxygen atoms in total. The second-order valence-corrected chi connectivity index (χ2v) is 6.39. The van der Waals surface area contributed by atoms with Crippen LogP contribution in [-0.4, -0.2) is 67.1 Å². The van der Waals surface area contributed by atoms with E-state index in [0.717, 1.165) is 5.92 Å². The Labute approximate surface area is 114 Å². The zero-order valence-corrected chi connectivity index (χ0v) is 11.5.